The van der Waals surface area contributed by atoms with Crippen molar-refractivity contribution in [3.8, 4) is 11.3 Å². The van der Waals surface area contributed by atoms with Crippen molar-refractivity contribution in [2.45, 2.75) is 12.8 Å². The number of nitrogens with zero attached hydrogens (tertiary/aromatic N) is 1. The van der Waals surface area contributed by atoms with Gasteiger partial charge in [0.1, 0.15) is 0 Å². The number of aromatic amines is 1. The fourth-order valence-corrected chi connectivity index (χ4v) is 3.40. The molecule has 4 rings (SSSR count). The van der Waals surface area contributed by atoms with Gasteiger partial charge in [0.15, 0.2) is 5.82 Å². The minimum absolute atomic E-state index is 0.0183. The van der Waals surface area contributed by atoms with Crippen molar-refractivity contribution >= 4 is 27.7 Å². The van der Waals surface area contributed by atoms with Crippen LogP contribution in [0.3, 0.4) is 0 Å². The zero-order valence-electron chi connectivity index (χ0n) is 12.9. The molecule has 4 nitrogen and oxygen atoms in total. The van der Waals surface area contributed by atoms with Crippen LogP contribution in [-0.4, -0.2) is 16.1 Å². The van der Waals surface area contributed by atoms with E-state index in [-0.39, 0.29) is 11.8 Å². The molecule has 0 aliphatic heterocycles. The van der Waals surface area contributed by atoms with E-state index >= 15 is 0 Å². The topological polar surface area (TPSA) is 57.8 Å². The zero-order chi connectivity index (χ0) is 16.5. The Hall–Kier alpha value is -2.40. The third kappa shape index (κ3) is 2.99. The Morgan fingerprint density at radius 2 is 1.75 bits per heavy atom. The molecule has 0 bridgehead atoms. The Labute approximate surface area is 148 Å². The molecule has 0 fully saturated rings. The summed E-state index contributed by atoms with van der Waals surface area (Å²) in [6.45, 7) is 0. The number of carbonyl (C=O) groups is 1. The van der Waals surface area contributed by atoms with E-state index in [0.717, 1.165) is 28.6 Å². The summed E-state index contributed by atoms with van der Waals surface area (Å²) in [5.74, 6) is 0.573. The van der Waals surface area contributed by atoms with Crippen LogP contribution in [0.4, 0.5) is 5.82 Å². The number of aromatic nitrogens is 2. The third-order valence-corrected chi connectivity index (χ3v) is 4.93. The molecule has 1 heterocycles. The van der Waals surface area contributed by atoms with Gasteiger partial charge in [-0.15, -0.1) is 0 Å². The number of halogens is 1. The molecule has 3 aromatic rings. The molecule has 2 N–H and O–H groups in total. The molecule has 0 unspecified atom stereocenters. The average Bonchev–Trinajstić information content (AvgIpc) is 3.22. The van der Waals surface area contributed by atoms with Crippen LogP contribution in [0.1, 0.15) is 11.1 Å². The fraction of sp³-hybridized carbons (Fsp3) is 0.158. The second-order valence-corrected chi connectivity index (χ2v) is 6.95. The molecule has 0 saturated heterocycles. The molecule has 120 valence electrons. The second kappa shape index (κ2) is 6.24. The molecule has 5 heteroatoms. The van der Waals surface area contributed by atoms with E-state index in [1.807, 2.05) is 42.5 Å². The van der Waals surface area contributed by atoms with Crippen molar-refractivity contribution in [3.63, 3.8) is 0 Å². The number of anilines is 1. The van der Waals surface area contributed by atoms with E-state index < -0.39 is 0 Å². The number of benzene rings is 2. The molecule has 0 spiro atoms. The predicted molar refractivity (Wildman–Crippen MR) is 97.7 cm³/mol. The van der Waals surface area contributed by atoms with Crippen LogP contribution in [-0.2, 0) is 17.6 Å². The van der Waals surface area contributed by atoms with Crippen LogP contribution in [0.2, 0.25) is 0 Å². The number of H-pyrrole nitrogens is 1. The minimum atomic E-state index is -0.0183. The number of nitrogens with one attached hydrogen (secondary N) is 2. The second-order valence-electron chi connectivity index (χ2n) is 6.04. The maximum Gasteiger partial charge on any atom is 0.229 e. The van der Waals surface area contributed by atoms with Crippen LogP contribution >= 0.6 is 15.9 Å². The van der Waals surface area contributed by atoms with Gasteiger partial charge >= 0.3 is 0 Å². The summed E-state index contributed by atoms with van der Waals surface area (Å²) in [6.07, 6.45) is 1.60. The molecule has 1 aliphatic carbocycles. The lowest BCUT2D eigenvalue weighted by atomic mass is 10.1. The highest BCUT2D eigenvalue weighted by atomic mass is 79.9. The molecular weight excluding hydrogens is 366 g/mol. The monoisotopic (exact) mass is 381 g/mol. The lowest BCUT2D eigenvalue weighted by Crippen LogP contribution is -2.23. The number of fused-ring (bicyclic) bond motifs is 1. The molecule has 0 radical (unpaired) electrons. The summed E-state index contributed by atoms with van der Waals surface area (Å²) >= 11 is 3.42. The predicted octanol–water partition coefficient (Wildman–Crippen LogP) is 4.19. The van der Waals surface area contributed by atoms with Gasteiger partial charge in [0.25, 0.3) is 0 Å². The van der Waals surface area contributed by atoms with Crippen molar-refractivity contribution < 1.29 is 4.79 Å². The summed E-state index contributed by atoms with van der Waals surface area (Å²) < 4.78 is 1.03. The van der Waals surface area contributed by atoms with Gasteiger partial charge in [-0.05, 0) is 41.7 Å². The van der Waals surface area contributed by atoms with Gasteiger partial charge in [-0.1, -0.05) is 52.3 Å². The fourth-order valence-electron chi connectivity index (χ4n) is 3.14. The summed E-state index contributed by atoms with van der Waals surface area (Å²) in [5.41, 5.74) is 4.46. The van der Waals surface area contributed by atoms with Crippen LogP contribution in [0.15, 0.2) is 59.1 Å². The molecule has 1 aromatic heterocycles. The van der Waals surface area contributed by atoms with Gasteiger partial charge in [0.05, 0.1) is 5.69 Å². The molecular formula is C19H16BrN3O. The highest BCUT2D eigenvalue weighted by Crippen LogP contribution is 2.28. The first-order valence-corrected chi connectivity index (χ1v) is 8.67. The van der Waals surface area contributed by atoms with E-state index in [2.05, 4.69) is 43.6 Å². The van der Waals surface area contributed by atoms with Crippen LogP contribution in [0.5, 0.6) is 0 Å². The van der Waals surface area contributed by atoms with Crippen molar-refractivity contribution in [2.75, 3.05) is 5.32 Å². The summed E-state index contributed by atoms with van der Waals surface area (Å²) in [4.78, 5) is 12.5. The zero-order valence-corrected chi connectivity index (χ0v) is 14.5. The molecule has 1 amide bonds. The van der Waals surface area contributed by atoms with Gasteiger partial charge in [0, 0.05) is 16.5 Å². The molecule has 1 aliphatic rings. The first-order chi connectivity index (χ1) is 11.7. The van der Waals surface area contributed by atoms with E-state index in [4.69, 9.17) is 0 Å². The number of carbonyl (C=O) groups excluding carboxylic acids is 1. The first kappa shape index (κ1) is 15.1. The van der Waals surface area contributed by atoms with Crippen LogP contribution in [0.25, 0.3) is 11.3 Å². The Morgan fingerprint density at radius 1 is 1.08 bits per heavy atom. The maximum atomic E-state index is 12.5. The Balaban J connectivity index is 1.45. The molecule has 0 atom stereocenters. The Morgan fingerprint density at radius 3 is 2.42 bits per heavy atom. The Bertz CT molecular complexity index is 861. The highest BCUT2D eigenvalue weighted by Gasteiger charge is 2.27. The van der Waals surface area contributed by atoms with Crippen molar-refractivity contribution in [1.29, 1.82) is 0 Å². The van der Waals surface area contributed by atoms with E-state index in [9.17, 15) is 4.79 Å². The summed E-state index contributed by atoms with van der Waals surface area (Å²) in [5, 5.41) is 10.1. The lowest BCUT2D eigenvalue weighted by molar-refractivity contribution is -0.119. The maximum absolute atomic E-state index is 12.5. The summed E-state index contributed by atoms with van der Waals surface area (Å²) in [7, 11) is 0. The summed E-state index contributed by atoms with van der Waals surface area (Å²) in [6, 6.07) is 18.1. The van der Waals surface area contributed by atoms with Crippen molar-refractivity contribution in [3.05, 3.63) is 70.2 Å². The number of amides is 1. The normalized spacial score (nSPS) is 13.7. The van der Waals surface area contributed by atoms with E-state index in [1.54, 1.807) is 0 Å². The number of hydrogen-bond donors (Lipinski definition) is 2. The van der Waals surface area contributed by atoms with E-state index in [1.165, 1.54) is 11.1 Å². The largest absolute Gasteiger partial charge is 0.309 e. The molecule has 0 saturated carbocycles. The quantitative estimate of drug-likeness (QED) is 0.714. The van der Waals surface area contributed by atoms with Crippen molar-refractivity contribution in [1.82, 2.24) is 10.2 Å². The standard InChI is InChI=1S/C19H16BrN3O/c20-16-7-5-12(6-8-16)17-11-18(23-22-17)21-19(24)15-9-13-3-1-2-4-14(13)10-15/h1-8,11,15H,9-10H2,(H2,21,22,23,24). The van der Waals surface area contributed by atoms with Gasteiger partial charge in [0.2, 0.25) is 5.91 Å². The molecule has 2 aromatic carbocycles. The highest BCUT2D eigenvalue weighted by molar-refractivity contribution is 9.10. The SMILES string of the molecule is O=C(Nc1cc(-c2ccc(Br)cc2)[nH]n1)C1Cc2ccccc2C1. The lowest BCUT2D eigenvalue weighted by Gasteiger charge is -2.07. The average molecular weight is 382 g/mol. The van der Waals surface area contributed by atoms with Crippen molar-refractivity contribution in [2.24, 2.45) is 5.92 Å². The van der Waals surface area contributed by atoms with Crippen LogP contribution in [0, 0.1) is 5.92 Å². The van der Waals surface area contributed by atoms with Gasteiger partial charge < -0.3 is 5.32 Å². The molecule has 24 heavy (non-hydrogen) atoms. The third-order valence-electron chi connectivity index (χ3n) is 4.41. The number of rotatable bonds is 3. The van der Waals surface area contributed by atoms with Gasteiger partial charge in [-0.3, -0.25) is 9.89 Å². The Kier molecular flexibility index (Phi) is 3.94. The minimum Gasteiger partial charge on any atom is -0.309 e. The smallest absolute Gasteiger partial charge is 0.229 e. The van der Waals surface area contributed by atoms with Gasteiger partial charge in [-0.2, -0.15) is 5.10 Å². The van der Waals surface area contributed by atoms with E-state index in [0.29, 0.717) is 5.82 Å². The number of hydrogen-bond acceptors (Lipinski definition) is 2. The van der Waals surface area contributed by atoms with Gasteiger partial charge in [-0.25, -0.2) is 0 Å². The first-order valence-electron chi connectivity index (χ1n) is 7.88. The van der Waals surface area contributed by atoms with Crippen LogP contribution < -0.4 is 5.32 Å².